The Morgan fingerprint density at radius 1 is 1.40 bits per heavy atom. The number of hydrogen-bond acceptors (Lipinski definition) is 4. The van der Waals surface area contributed by atoms with Crippen LogP contribution in [0.1, 0.15) is 34.3 Å². The highest BCUT2D eigenvalue weighted by Gasteiger charge is 2.26. The summed E-state index contributed by atoms with van der Waals surface area (Å²) in [6.45, 7) is 0. The van der Waals surface area contributed by atoms with E-state index in [0.29, 0.717) is 10.9 Å². The molecule has 0 amide bonds. The van der Waals surface area contributed by atoms with Crippen molar-refractivity contribution >= 4 is 38.4 Å². The van der Waals surface area contributed by atoms with Gasteiger partial charge in [0.25, 0.3) is 5.24 Å². The molecule has 4 rings (SSSR count). The van der Waals surface area contributed by atoms with E-state index in [1.54, 1.807) is 0 Å². The van der Waals surface area contributed by atoms with Gasteiger partial charge in [-0.3, -0.25) is 4.79 Å². The summed E-state index contributed by atoms with van der Waals surface area (Å²) in [6.07, 6.45) is 6.31. The van der Waals surface area contributed by atoms with E-state index in [9.17, 15) is 4.79 Å². The largest absolute Gasteiger partial charge is 0.304 e. The predicted octanol–water partition coefficient (Wildman–Crippen LogP) is 3.74. The van der Waals surface area contributed by atoms with Crippen LogP contribution in [-0.4, -0.2) is 19.8 Å². The molecule has 20 heavy (non-hydrogen) atoms. The number of hydrogen-bond donors (Lipinski definition) is 0. The Hall–Kier alpha value is -1.72. The summed E-state index contributed by atoms with van der Waals surface area (Å²) in [4.78, 5) is 20.1. The van der Waals surface area contributed by atoms with E-state index in [1.165, 1.54) is 24.2 Å². The van der Waals surface area contributed by atoms with Crippen LogP contribution in [0.25, 0.3) is 15.9 Å². The fourth-order valence-electron chi connectivity index (χ4n) is 2.29. The molecule has 2 aromatic heterocycles. The number of halogens is 1. The van der Waals surface area contributed by atoms with E-state index in [-0.39, 0.29) is 0 Å². The summed E-state index contributed by atoms with van der Waals surface area (Å²) in [7, 11) is 0. The molecule has 1 aliphatic rings. The van der Waals surface area contributed by atoms with Gasteiger partial charge in [-0.2, -0.15) is 0 Å². The summed E-state index contributed by atoms with van der Waals surface area (Å²) in [5.74, 6) is 0.617. The second kappa shape index (κ2) is 4.40. The van der Waals surface area contributed by atoms with Gasteiger partial charge in [-0.05, 0) is 36.6 Å². The highest BCUT2D eigenvalue weighted by Crippen LogP contribution is 2.39. The molecule has 100 valence electrons. The molecule has 4 nitrogen and oxygen atoms in total. The van der Waals surface area contributed by atoms with Gasteiger partial charge in [-0.1, -0.05) is 6.07 Å². The zero-order valence-corrected chi connectivity index (χ0v) is 12.0. The van der Waals surface area contributed by atoms with Crippen LogP contribution < -0.4 is 0 Å². The molecule has 6 heteroatoms. The van der Waals surface area contributed by atoms with Crippen LogP contribution in [0, 0.1) is 0 Å². The van der Waals surface area contributed by atoms with Gasteiger partial charge >= 0.3 is 0 Å². The van der Waals surface area contributed by atoms with Gasteiger partial charge in [-0.15, -0.1) is 11.3 Å². The Morgan fingerprint density at radius 2 is 2.25 bits per heavy atom. The normalized spacial score (nSPS) is 14.8. The average Bonchev–Trinajstić information content (AvgIpc) is 3.02. The Labute approximate surface area is 124 Å². The minimum Gasteiger partial charge on any atom is -0.304 e. The van der Waals surface area contributed by atoms with Crippen molar-refractivity contribution in [2.24, 2.45) is 0 Å². The lowest BCUT2D eigenvalue weighted by molar-refractivity contribution is 0.108. The van der Waals surface area contributed by atoms with Crippen molar-refractivity contribution in [1.29, 1.82) is 0 Å². The Bertz CT molecular complexity index is 819. The summed E-state index contributed by atoms with van der Waals surface area (Å²) in [5, 5.41) is -0.182. The van der Waals surface area contributed by atoms with Crippen molar-refractivity contribution in [2.45, 2.75) is 18.8 Å². The number of carbonyl (C=O) groups is 1. The van der Waals surface area contributed by atoms with E-state index in [2.05, 4.69) is 9.97 Å². The summed E-state index contributed by atoms with van der Waals surface area (Å²) in [6, 6.07) is 5.87. The minimum atomic E-state index is -0.513. The minimum absolute atomic E-state index is 0.330. The molecular weight excluding hydrogens is 294 g/mol. The molecule has 1 aromatic carbocycles. The third-order valence-corrected chi connectivity index (χ3v) is 4.75. The topological polar surface area (TPSA) is 47.8 Å². The number of fused-ring (bicyclic) bond motifs is 1. The average molecular weight is 304 g/mol. The van der Waals surface area contributed by atoms with Gasteiger partial charge in [0, 0.05) is 12.1 Å². The van der Waals surface area contributed by atoms with Crippen molar-refractivity contribution in [3.05, 3.63) is 41.4 Å². The molecule has 0 saturated heterocycles. The van der Waals surface area contributed by atoms with Gasteiger partial charge in [0.05, 0.1) is 22.4 Å². The Kier molecular flexibility index (Phi) is 2.65. The van der Waals surface area contributed by atoms with Crippen molar-refractivity contribution in [3.8, 4) is 5.69 Å². The van der Waals surface area contributed by atoms with Crippen LogP contribution in [0.5, 0.6) is 0 Å². The van der Waals surface area contributed by atoms with Gasteiger partial charge in [-0.25, -0.2) is 9.97 Å². The van der Waals surface area contributed by atoms with Crippen LogP contribution in [-0.2, 0) is 0 Å². The maximum Gasteiger partial charge on any atom is 0.281 e. The number of imidazole rings is 1. The van der Waals surface area contributed by atoms with Gasteiger partial charge < -0.3 is 4.57 Å². The smallest absolute Gasteiger partial charge is 0.281 e. The first-order valence-corrected chi connectivity index (χ1v) is 7.55. The molecule has 0 unspecified atom stereocenters. The molecule has 1 fully saturated rings. The second-order valence-corrected chi connectivity index (χ2v) is 6.27. The SMILES string of the molecule is O=C(Cl)c1nc2c(-n3cnc(C4CC4)c3)cccc2s1. The number of carbonyl (C=O) groups excluding carboxylic acids is 1. The Balaban J connectivity index is 1.86. The van der Waals surface area contributed by atoms with Crippen molar-refractivity contribution < 1.29 is 4.79 Å². The molecule has 1 aliphatic carbocycles. The van der Waals surface area contributed by atoms with Crippen molar-refractivity contribution in [3.63, 3.8) is 0 Å². The lowest BCUT2D eigenvalue weighted by atomic mass is 10.3. The van der Waals surface area contributed by atoms with E-state index in [4.69, 9.17) is 11.6 Å². The summed E-state index contributed by atoms with van der Waals surface area (Å²) < 4.78 is 2.92. The zero-order valence-electron chi connectivity index (χ0n) is 10.4. The van der Waals surface area contributed by atoms with Crippen molar-refractivity contribution in [2.75, 3.05) is 0 Å². The molecule has 0 bridgehead atoms. The van der Waals surface area contributed by atoms with Crippen LogP contribution in [0.3, 0.4) is 0 Å². The van der Waals surface area contributed by atoms with Crippen LogP contribution in [0.15, 0.2) is 30.7 Å². The molecule has 3 aromatic rings. The number of para-hydroxylation sites is 1. The van der Waals surface area contributed by atoms with E-state index in [0.717, 1.165) is 21.6 Å². The summed E-state index contributed by atoms with van der Waals surface area (Å²) >= 11 is 6.83. The van der Waals surface area contributed by atoms with E-state index >= 15 is 0 Å². The number of rotatable bonds is 3. The maximum absolute atomic E-state index is 11.3. The van der Waals surface area contributed by atoms with E-state index in [1.807, 2.05) is 35.3 Å². The number of nitrogens with zero attached hydrogens (tertiary/aromatic N) is 3. The quantitative estimate of drug-likeness (QED) is 0.693. The zero-order chi connectivity index (χ0) is 13.7. The molecule has 1 saturated carbocycles. The first-order chi connectivity index (χ1) is 9.72. The fourth-order valence-corrected chi connectivity index (χ4v) is 3.26. The molecular formula is C14H10ClN3OS. The predicted molar refractivity (Wildman–Crippen MR) is 78.9 cm³/mol. The molecule has 0 spiro atoms. The number of aromatic nitrogens is 3. The fraction of sp³-hybridized carbons (Fsp3) is 0.214. The van der Waals surface area contributed by atoms with Crippen LogP contribution >= 0.6 is 22.9 Å². The van der Waals surface area contributed by atoms with E-state index < -0.39 is 5.24 Å². The highest BCUT2D eigenvalue weighted by molar-refractivity contribution is 7.21. The van der Waals surface area contributed by atoms with Gasteiger partial charge in [0.1, 0.15) is 5.52 Å². The molecule has 2 heterocycles. The molecule has 0 radical (unpaired) electrons. The highest BCUT2D eigenvalue weighted by atomic mass is 35.5. The molecule has 0 N–H and O–H groups in total. The lowest BCUT2D eigenvalue weighted by Gasteiger charge is -2.02. The van der Waals surface area contributed by atoms with Gasteiger partial charge in [0.15, 0.2) is 5.01 Å². The van der Waals surface area contributed by atoms with Crippen LogP contribution in [0.2, 0.25) is 0 Å². The monoisotopic (exact) mass is 303 g/mol. The molecule has 0 aliphatic heterocycles. The third-order valence-electron chi connectivity index (χ3n) is 3.44. The summed E-state index contributed by atoms with van der Waals surface area (Å²) in [5.41, 5.74) is 2.86. The maximum atomic E-state index is 11.3. The van der Waals surface area contributed by atoms with Crippen molar-refractivity contribution in [1.82, 2.24) is 14.5 Å². The number of thiazole rings is 1. The lowest BCUT2D eigenvalue weighted by Crippen LogP contribution is -1.92. The molecule has 0 atom stereocenters. The third kappa shape index (κ3) is 1.94. The standard InChI is InChI=1S/C14H10ClN3OS/c15-13(19)14-17-12-10(2-1-3-11(12)20-14)18-6-9(16-7-18)8-4-5-8/h1-3,6-8H,4-5H2. The first kappa shape index (κ1) is 12.1. The van der Waals surface area contributed by atoms with Crippen LogP contribution in [0.4, 0.5) is 0 Å². The number of benzene rings is 1. The second-order valence-electron chi connectivity index (χ2n) is 4.90. The Morgan fingerprint density at radius 3 is 3.00 bits per heavy atom. The first-order valence-electron chi connectivity index (χ1n) is 6.36. The van der Waals surface area contributed by atoms with Gasteiger partial charge in [0.2, 0.25) is 0 Å².